The fourth-order valence-electron chi connectivity index (χ4n) is 1.48. The predicted molar refractivity (Wildman–Crippen MR) is 71.4 cm³/mol. The monoisotopic (exact) mass is 303 g/mol. The molecular formula is C11H18BrN3O2. The Balaban J connectivity index is 2.39. The highest BCUT2D eigenvalue weighted by Gasteiger charge is 2.01. The van der Waals surface area contributed by atoms with Crippen LogP contribution in [0, 0.1) is 0 Å². The van der Waals surface area contributed by atoms with E-state index in [1.807, 2.05) is 0 Å². The van der Waals surface area contributed by atoms with Gasteiger partial charge in [0.05, 0.1) is 4.47 Å². The molecule has 0 aliphatic rings. The Hall–Kier alpha value is -0.880. The van der Waals surface area contributed by atoms with Gasteiger partial charge in [-0.2, -0.15) is 0 Å². The van der Waals surface area contributed by atoms with Gasteiger partial charge in [0.2, 0.25) is 0 Å². The molecule has 0 amide bonds. The van der Waals surface area contributed by atoms with Crippen molar-refractivity contribution in [1.29, 1.82) is 0 Å². The second-order valence-electron chi connectivity index (χ2n) is 3.89. The summed E-state index contributed by atoms with van der Waals surface area (Å²) in [7, 11) is 0. The Kier molecular flexibility index (Phi) is 6.21. The van der Waals surface area contributed by atoms with Crippen LogP contribution in [-0.2, 0) is 6.54 Å². The summed E-state index contributed by atoms with van der Waals surface area (Å²) >= 11 is 3.11. The molecule has 0 saturated carbocycles. The summed E-state index contributed by atoms with van der Waals surface area (Å²) in [6.45, 7) is 4.75. The summed E-state index contributed by atoms with van der Waals surface area (Å²) in [6, 6.07) is 0. The summed E-state index contributed by atoms with van der Waals surface area (Å²) in [4.78, 5) is 24.8. The Bertz CT molecular complexity index is 453. The summed E-state index contributed by atoms with van der Waals surface area (Å²) < 4.78 is 1.91. The number of nitrogens with one attached hydrogen (secondary N) is 2. The maximum Gasteiger partial charge on any atom is 0.328 e. The molecule has 0 aromatic carbocycles. The number of rotatable bonds is 7. The summed E-state index contributed by atoms with van der Waals surface area (Å²) in [5.41, 5.74) is -0.726. The molecule has 1 aromatic rings. The number of halogens is 1. The van der Waals surface area contributed by atoms with Gasteiger partial charge in [-0.1, -0.05) is 6.92 Å². The molecule has 5 nitrogen and oxygen atoms in total. The molecule has 0 bridgehead atoms. The lowest BCUT2D eigenvalue weighted by Gasteiger charge is -2.06. The van der Waals surface area contributed by atoms with Gasteiger partial charge in [-0.3, -0.25) is 14.3 Å². The van der Waals surface area contributed by atoms with Crippen molar-refractivity contribution in [3.63, 3.8) is 0 Å². The van der Waals surface area contributed by atoms with Gasteiger partial charge in [-0.15, -0.1) is 0 Å². The zero-order valence-electron chi connectivity index (χ0n) is 9.96. The molecule has 0 fully saturated rings. The number of H-pyrrole nitrogens is 1. The summed E-state index contributed by atoms with van der Waals surface area (Å²) in [6.07, 6.45) is 4.60. The SMILES string of the molecule is CCCNCCCCn1cc(Br)c(=O)[nH]c1=O. The van der Waals surface area contributed by atoms with Crippen molar-refractivity contribution in [2.45, 2.75) is 32.7 Å². The topological polar surface area (TPSA) is 66.9 Å². The van der Waals surface area contributed by atoms with Crippen LogP contribution in [0.15, 0.2) is 20.3 Å². The van der Waals surface area contributed by atoms with Gasteiger partial charge < -0.3 is 5.32 Å². The van der Waals surface area contributed by atoms with Crippen molar-refractivity contribution < 1.29 is 0 Å². The largest absolute Gasteiger partial charge is 0.328 e. The van der Waals surface area contributed by atoms with E-state index in [1.54, 1.807) is 6.20 Å². The molecule has 2 N–H and O–H groups in total. The second kappa shape index (κ2) is 7.45. The van der Waals surface area contributed by atoms with E-state index in [4.69, 9.17) is 0 Å². The first-order valence-corrected chi connectivity index (χ1v) is 6.64. The Morgan fingerprint density at radius 3 is 2.82 bits per heavy atom. The van der Waals surface area contributed by atoms with Crippen molar-refractivity contribution in [2.24, 2.45) is 0 Å². The molecule has 0 atom stereocenters. The van der Waals surface area contributed by atoms with Crippen LogP contribution in [0.25, 0.3) is 0 Å². The number of aromatic amines is 1. The van der Waals surface area contributed by atoms with Crippen LogP contribution in [0.5, 0.6) is 0 Å². The van der Waals surface area contributed by atoms with Gasteiger partial charge in [0.1, 0.15) is 0 Å². The minimum absolute atomic E-state index is 0.347. The molecule has 1 heterocycles. The quantitative estimate of drug-likeness (QED) is 0.741. The van der Waals surface area contributed by atoms with E-state index in [9.17, 15) is 9.59 Å². The molecule has 0 saturated heterocycles. The van der Waals surface area contributed by atoms with Gasteiger partial charge in [-0.25, -0.2) is 4.79 Å². The third-order valence-electron chi connectivity index (χ3n) is 2.40. The molecule has 0 spiro atoms. The van der Waals surface area contributed by atoms with Gasteiger partial charge in [0, 0.05) is 12.7 Å². The highest BCUT2D eigenvalue weighted by atomic mass is 79.9. The highest BCUT2D eigenvalue weighted by Crippen LogP contribution is 1.99. The molecule has 17 heavy (non-hydrogen) atoms. The van der Waals surface area contributed by atoms with E-state index >= 15 is 0 Å². The standard InChI is InChI=1S/C11H18BrN3O2/c1-2-5-13-6-3-4-7-15-8-9(12)10(16)14-11(15)17/h8,13H,2-7H2,1H3,(H,14,16,17). The number of hydrogen-bond acceptors (Lipinski definition) is 3. The van der Waals surface area contributed by atoms with Gasteiger partial charge in [0.15, 0.2) is 0 Å². The van der Waals surface area contributed by atoms with Gasteiger partial charge in [0.25, 0.3) is 5.56 Å². The average molecular weight is 304 g/mol. The number of unbranched alkanes of at least 4 members (excludes halogenated alkanes) is 1. The maximum atomic E-state index is 11.4. The second-order valence-corrected chi connectivity index (χ2v) is 4.74. The van der Waals surface area contributed by atoms with Crippen LogP contribution in [0.2, 0.25) is 0 Å². The molecule has 1 aromatic heterocycles. The molecule has 0 aliphatic carbocycles. The van der Waals surface area contributed by atoms with Crippen LogP contribution in [-0.4, -0.2) is 22.6 Å². The molecular weight excluding hydrogens is 286 g/mol. The highest BCUT2D eigenvalue weighted by molar-refractivity contribution is 9.10. The lowest BCUT2D eigenvalue weighted by molar-refractivity contribution is 0.549. The van der Waals surface area contributed by atoms with Gasteiger partial charge in [-0.05, 0) is 48.3 Å². The van der Waals surface area contributed by atoms with Gasteiger partial charge >= 0.3 is 5.69 Å². The summed E-state index contributed by atoms with van der Waals surface area (Å²) in [5, 5.41) is 3.30. The Labute approximate surface area is 108 Å². The van der Waals surface area contributed by atoms with Crippen molar-refractivity contribution in [3.05, 3.63) is 31.5 Å². The van der Waals surface area contributed by atoms with E-state index in [-0.39, 0.29) is 11.2 Å². The number of nitrogens with zero attached hydrogens (tertiary/aromatic N) is 1. The van der Waals surface area contributed by atoms with Crippen LogP contribution in [0.4, 0.5) is 0 Å². The van der Waals surface area contributed by atoms with Crippen molar-refractivity contribution in [3.8, 4) is 0 Å². The van der Waals surface area contributed by atoms with Crippen molar-refractivity contribution in [2.75, 3.05) is 13.1 Å². The molecule has 0 radical (unpaired) electrons. The molecule has 0 unspecified atom stereocenters. The van der Waals surface area contributed by atoms with Crippen LogP contribution < -0.4 is 16.6 Å². The third-order valence-corrected chi connectivity index (χ3v) is 2.96. The molecule has 96 valence electrons. The lowest BCUT2D eigenvalue weighted by atomic mass is 10.3. The molecule has 0 aliphatic heterocycles. The fraction of sp³-hybridized carbons (Fsp3) is 0.636. The maximum absolute atomic E-state index is 11.4. The van der Waals surface area contributed by atoms with E-state index in [1.165, 1.54) is 4.57 Å². The normalized spacial score (nSPS) is 10.7. The number of aromatic nitrogens is 2. The fourth-order valence-corrected chi connectivity index (χ4v) is 1.83. The Morgan fingerprint density at radius 2 is 2.12 bits per heavy atom. The average Bonchev–Trinajstić information content (AvgIpc) is 2.30. The van der Waals surface area contributed by atoms with Crippen LogP contribution in [0.1, 0.15) is 26.2 Å². The van der Waals surface area contributed by atoms with E-state index in [0.717, 1.165) is 32.4 Å². The Morgan fingerprint density at radius 1 is 1.35 bits per heavy atom. The first kappa shape index (κ1) is 14.2. The number of aryl methyl sites for hydroxylation is 1. The molecule has 1 rings (SSSR count). The predicted octanol–water partition coefficient (Wildman–Crippen LogP) is 1.08. The van der Waals surface area contributed by atoms with E-state index in [0.29, 0.717) is 11.0 Å². The minimum Gasteiger partial charge on any atom is -0.317 e. The molecule has 6 heteroatoms. The van der Waals surface area contributed by atoms with Crippen LogP contribution in [0.3, 0.4) is 0 Å². The third kappa shape index (κ3) is 4.87. The van der Waals surface area contributed by atoms with Crippen LogP contribution >= 0.6 is 15.9 Å². The first-order chi connectivity index (χ1) is 8.15. The zero-order chi connectivity index (χ0) is 12.7. The zero-order valence-corrected chi connectivity index (χ0v) is 11.5. The first-order valence-electron chi connectivity index (χ1n) is 5.85. The smallest absolute Gasteiger partial charge is 0.317 e. The summed E-state index contributed by atoms with van der Waals surface area (Å²) in [5.74, 6) is 0. The van der Waals surface area contributed by atoms with Crippen molar-refractivity contribution in [1.82, 2.24) is 14.9 Å². The lowest BCUT2D eigenvalue weighted by Crippen LogP contribution is -2.30. The number of hydrogen-bond donors (Lipinski definition) is 2. The minimum atomic E-state index is -0.379. The van der Waals surface area contributed by atoms with E-state index in [2.05, 4.69) is 33.2 Å². The van der Waals surface area contributed by atoms with E-state index < -0.39 is 0 Å². The van der Waals surface area contributed by atoms with Crippen molar-refractivity contribution >= 4 is 15.9 Å².